The summed E-state index contributed by atoms with van der Waals surface area (Å²) in [7, 11) is 3.86. The molecular formula is C21H28ClF2N5O. The molecule has 1 aromatic carbocycles. The number of nitrogens with zero attached hydrogens (tertiary/aromatic N) is 3. The standard InChI is InChI=1S/C21H27F2N5O.ClH/c1-4-13-11-17(28(2)3)27-21(25-13)26-14-7-5-12(6-8-14)18-15(20(24)29)9-10-16(22)19(18)23;/h9-12,14H,4-8H2,1-3H3,(H2,24,29)(H,25,26,27);1H. The first-order valence-electron chi connectivity index (χ1n) is 9.89. The number of halogens is 3. The molecule has 1 saturated carbocycles. The number of hydrogen-bond donors (Lipinski definition) is 2. The topological polar surface area (TPSA) is 84.1 Å². The second-order valence-electron chi connectivity index (χ2n) is 7.67. The van der Waals surface area contributed by atoms with Crippen LogP contribution < -0.4 is 16.0 Å². The Balaban J connectivity index is 0.00000320. The fourth-order valence-corrected chi connectivity index (χ4v) is 3.85. The Bertz CT molecular complexity index is 901. The van der Waals surface area contributed by atoms with Gasteiger partial charge in [0.05, 0.1) is 0 Å². The molecule has 6 nitrogen and oxygen atoms in total. The van der Waals surface area contributed by atoms with Crippen LogP contribution in [0.5, 0.6) is 0 Å². The van der Waals surface area contributed by atoms with Crippen LogP contribution >= 0.6 is 12.4 Å². The van der Waals surface area contributed by atoms with Crippen molar-refractivity contribution in [3.8, 4) is 0 Å². The van der Waals surface area contributed by atoms with Gasteiger partial charge in [0.2, 0.25) is 11.9 Å². The van der Waals surface area contributed by atoms with Crippen LogP contribution in [0, 0.1) is 11.6 Å². The summed E-state index contributed by atoms with van der Waals surface area (Å²) in [5, 5.41) is 3.38. The Morgan fingerprint density at radius 1 is 1.20 bits per heavy atom. The number of amides is 1. The average Bonchev–Trinajstić information content (AvgIpc) is 2.70. The monoisotopic (exact) mass is 439 g/mol. The Hall–Kier alpha value is -2.48. The summed E-state index contributed by atoms with van der Waals surface area (Å²) in [6.07, 6.45) is 3.50. The summed E-state index contributed by atoms with van der Waals surface area (Å²) < 4.78 is 28.2. The maximum atomic E-state index is 14.4. The third-order valence-electron chi connectivity index (χ3n) is 5.45. The highest BCUT2D eigenvalue weighted by molar-refractivity contribution is 5.94. The smallest absolute Gasteiger partial charge is 0.249 e. The molecule has 0 radical (unpaired) electrons. The number of anilines is 2. The average molecular weight is 440 g/mol. The highest BCUT2D eigenvalue weighted by Gasteiger charge is 2.29. The number of aryl methyl sites for hydroxylation is 1. The number of hydrogen-bond acceptors (Lipinski definition) is 5. The quantitative estimate of drug-likeness (QED) is 0.709. The summed E-state index contributed by atoms with van der Waals surface area (Å²) in [6.45, 7) is 2.04. The number of aromatic nitrogens is 2. The zero-order valence-corrected chi connectivity index (χ0v) is 18.2. The fourth-order valence-electron chi connectivity index (χ4n) is 3.85. The van der Waals surface area contributed by atoms with Crippen LogP contribution in [0.2, 0.25) is 0 Å². The van der Waals surface area contributed by atoms with E-state index in [1.807, 2.05) is 32.0 Å². The molecule has 1 fully saturated rings. The first kappa shape index (κ1) is 23.8. The normalized spacial score (nSPS) is 18.4. The molecule has 3 N–H and O–H groups in total. The molecule has 1 heterocycles. The van der Waals surface area contributed by atoms with Gasteiger partial charge in [-0.2, -0.15) is 4.98 Å². The minimum Gasteiger partial charge on any atom is -0.366 e. The number of primary amides is 1. The van der Waals surface area contributed by atoms with E-state index in [9.17, 15) is 13.6 Å². The first-order valence-corrected chi connectivity index (χ1v) is 9.89. The van der Waals surface area contributed by atoms with Gasteiger partial charge in [0, 0.05) is 43.0 Å². The third kappa shape index (κ3) is 5.16. The van der Waals surface area contributed by atoms with Crippen LogP contribution in [0.4, 0.5) is 20.5 Å². The van der Waals surface area contributed by atoms with Crippen molar-refractivity contribution in [2.24, 2.45) is 5.73 Å². The minimum absolute atomic E-state index is 0. The predicted octanol–water partition coefficient (Wildman–Crippen LogP) is 4.04. The van der Waals surface area contributed by atoms with Gasteiger partial charge in [-0.3, -0.25) is 4.79 Å². The number of nitrogens with two attached hydrogens (primary N) is 1. The summed E-state index contributed by atoms with van der Waals surface area (Å²) in [5.74, 6) is -1.49. The van der Waals surface area contributed by atoms with Gasteiger partial charge in [-0.25, -0.2) is 13.8 Å². The van der Waals surface area contributed by atoms with E-state index in [4.69, 9.17) is 5.73 Å². The third-order valence-corrected chi connectivity index (χ3v) is 5.45. The van der Waals surface area contributed by atoms with E-state index >= 15 is 0 Å². The molecule has 1 aliphatic rings. The van der Waals surface area contributed by atoms with E-state index in [1.54, 1.807) is 0 Å². The van der Waals surface area contributed by atoms with Crippen LogP contribution in [-0.2, 0) is 6.42 Å². The van der Waals surface area contributed by atoms with Gasteiger partial charge in [-0.05, 0) is 50.2 Å². The first-order chi connectivity index (χ1) is 13.8. The van der Waals surface area contributed by atoms with Gasteiger partial charge in [0.1, 0.15) is 5.82 Å². The largest absolute Gasteiger partial charge is 0.366 e. The van der Waals surface area contributed by atoms with E-state index in [2.05, 4.69) is 15.3 Å². The molecule has 0 aliphatic heterocycles. The Labute approximate surface area is 181 Å². The highest BCUT2D eigenvalue weighted by atomic mass is 35.5. The lowest BCUT2D eigenvalue weighted by molar-refractivity contribution is 0.0998. The van der Waals surface area contributed by atoms with Gasteiger partial charge in [-0.15, -0.1) is 12.4 Å². The lowest BCUT2D eigenvalue weighted by atomic mass is 9.79. The van der Waals surface area contributed by atoms with E-state index < -0.39 is 17.5 Å². The molecule has 164 valence electrons. The van der Waals surface area contributed by atoms with Crippen LogP contribution in [0.25, 0.3) is 0 Å². The molecule has 0 atom stereocenters. The van der Waals surface area contributed by atoms with E-state index in [0.29, 0.717) is 18.8 Å². The van der Waals surface area contributed by atoms with Gasteiger partial charge < -0.3 is 16.0 Å². The molecule has 0 spiro atoms. The van der Waals surface area contributed by atoms with Crippen LogP contribution in [-0.4, -0.2) is 36.0 Å². The zero-order chi connectivity index (χ0) is 21.1. The molecule has 2 aromatic rings. The molecule has 30 heavy (non-hydrogen) atoms. The SMILES string of the molecule is CCc1cc(N(C)C)nc(NC2CCC(c3c(C(N)=O)ccc(F)c3F)CC2)n1.Cl. The summed E-state index contributed by atoms with van der Waals surface area (Å²) in [4.78, 5) is 22.7. The second-order valence-corrected chi connectivity index (χ2v) is 7.67. The number of nitrogens with one attached hydrogen (secondary N) is 1. The van der Waals surface area contributed by atoms with Gasteiger partial charge >= 0.3 is 0 Å². The molecule has 0 saturated heterocycles. The van der Waals surface area contributed by atoms with Crippen molar-refractivity contribution in [1.82, 2.24) is 9.97 Å². The zero-order valence-electron chi connectivity index (χ0n) is 17.4. The van der Waals surface area contributed by atoms with Crippen molar-refractivity contribution < 1.29 is 13.6 Å². The Kier molecular flexibility index (Phi) is 7.95. The summed E-state index contributed by atoms with van der Waals surface area (Å²) in [5.41, 5.74) is 6.50. The molecule has 0 unspecified atom stereocenters. The molecular weight excluding hydrogens is 412 g/mol. The number of carbonyl (C=O) groups is 1. The van der Waals surface area contributed by atoms with Crippen molar-refractivity contribution in [2.75, 3.05) is 24.3 Å². The van der Waals surface area contributed by atoms with Crippen molar-refractivity contribution >= 4 is 30.1 Å². The highest BCUT2D eigenvalue weighted by Crippen LogP contribution is 2.37. The fraction of sp³-hybridized carbons (Fsp3) is 0.476. The number of rotatable bonds is 6. The van der Waals surface area contributed by atoms with Crippen LogP contribution in [0.3, 0.4) is 0 Å². The molecule has 1 aliphatic carbocycles. The Morgan fingerprint density at radius 3 is 2.43 bits per heavy atom. The molecule has 9 heteroatoms. The Morgan fingerprint density at radius 2 is 1.87 bits per heavy atom. The maximum absolute atomic E-state index is 14.4. The molecule has 3 rings (SSSR count). The van der Waals surface area contributed by atoms with E-state index in [-0.39, 0.29) is 35.5 Å². The predicted molar refractivity (Wildman–Crippen MR) is 116 cm³/mol. The van der Waals surface area contributed by atoms with Gasteiger partial charge in [0.25, 0.3) is 0 Å². The maximum Gasteiger partial charge on any atom is 0.249 e. The van der Waals surface area contributed by atoms with E-state index in [1.165, 1.54) is 6.07 Å². The number of benzene rings is 1. The van der Waals surface area contributed by atoms with Gasteiger partial charge in [0.15, 0.2) is 11.6 Å². The molecule has 1 amide bonds. The van der Waals surface area contributed by atoms with Gasteiger partial charge in [-0.1, -0.05) is 6.92 Å². The van der Waals surface area contributed by atoms with Crippen molar-refractivity contribution in [2.45, 2.75) is 51.0 Å². The lowest BCUT2D eigenvalue weighted by Gasteiger charge is -2.30. The second kappa shape index (κ2) is 10.0. The molecule has 0 bridgehead atoms. The summed E-state index contributed by atoms with van der Waals surface area (Å²) >= 11 is 0. The number of carbonyl (C=O) groups excluding carboxylic acids is 1. The minimum atomic E-state index is -0.965. The van der Waals surface area contributed by atoms with Crippen LogP contribution in [0.15, 0.2) is 18.2 Å². The molecule has 1 aromatic heterocycles. The van der Waals surface area contributed by atoms with Crippen molar-refractivity contribution in [3.63, 3.8) is 0 Å². The lowest BCUT2D eigenvalue weighted by Crippen LogP contribution is -2.28. The summed E-state index contributed by atoms with van der Waals surface area (Å²) in [6, 6.07) is 4.31. The van der Waals surface area contributed by atoms with Crippen molar-refractivity contribution in [3.05, 3.63) is 46.7 Å². The van der Waals surface area contributed by atoms with Crippen LogP contribution in [0.1, 0.15) is 60.1 Å². The van der Waals surface area contributed by atoms with E-state index in [0.717, 1.165) is 36.8 Å². The van der Waals surface area contributed by atoms with Crippen molar-refractivity contribution in [1.29, 1.82) is 0 Å².